The first-order valence-corrected chi connectivity index (χ1v) is 7.10. The summed E-state index contributed by atoms with van der Waals surface area (Å²) >= 11 is 0. The molecule has 1 atom stereocenters. The molecule has 0 bridgehead atoms. The molecule has 2 aromatic rings. The van der Waals surface area contributed by atoms with Crippen molar-refractivity contribution in [3.05, 3.63) is 97.4 Å². The highest BCUT2D eigenvalue weighted by atomic mass is 16.6. The van der Waals surface area contributed by atoms with Gasteiger partial charge in [0.15, 0.2) is 0 Å². The van der Waals surface area contributed by atoms with Gasteiger partial charge in [-0.25, -0.2) is 0 Å². The van der Waals surface area contributed by atoms with Crippen LogP contribution in [0.5, 0.6) is 0 Å². The molecule has 1 aromatic heterocycles. The Morgan fingerprint density at radius 3 is 2.21 bits per heavy atom. The van der Waals surface area contributed by atoms with Gasteiger partial charge in [0, 0.05) is 5.56 Å². The number of furan rings is 1. The highest BCUT2D eigenvalue weighted by Crippen LogP contribution is 2.40. The maximum atomic E-state index is 11.7. The number of allylic oxidation sites excluding steroid dienone is 1. The molecule has 24 heavy (non-hydrogen) atoms. The lowest BCUT2D eigenvalue weighted by Gasteiger charge is -2.22. The number of benzene rings is 1. The molecule has 1 aliphatic rings. The van der Waals surface area contributed by atoms with E-state index in [1.165, 1.54) is 19.3 Å². The van der Waals surface area contributed by atoms with Gasteiger partial charge in [-0.05, 0) is 19.1 Å². The Bertz CT molecular complexity index is 853. The van der Waals surface area contributed by atoms with Crippen LogP contribution in [-0.4, -0.2) is 9.85 Å². The van der Waals surface area contributed by atoms with Gasteiger partial charge in [0.25, 0.3) is 11.4 Å². The van der Waals surface area contributed by atoms with E-state index in [4.69, 9.17) is 4.42 Å². The summed E-state index contributed by atoms with van der Waals surface area (Å²) in [5, 5.41) is 26.1. The molecule has 0 fully saturated rings. The van der Waals surface area contributed by atoms with E-state index in [-0.39, 0.29) is 28.5 Å². The van der Waals surface area contributed by atoms with Crippen molar-refractivity contribution in [1.82, 2.24) is 5.32 Å². The second-order valence-corrected chi connectivity index (χ2v) is 5.22. The Morgan fingerprint density at radius 1 is 1.00 bits per heavy atom. The zero-order valence-corrected chi connectivity index (χ0v) is 12.6. The summed E-state index contributed by atoms with van der Waals surface area (Å²) < 4.78 is 5.26. The fourth-order valence-electron chi connectivity index (χ4n) is 2.79. The number of nitrogens with zero attached hydrogens (tertiary/aromatic N) is 2. The molecular weight excluding hydrogens is 314 g/mol. The number of hydrogen-bond acceptors (Lipinski definition) is 6. The van der Waals surface area contributed by atoms with E-state index < -0.39 is 15.8 Å². The molecule has 0 spiro atoms. The summed E-state index contributed by atoms with van der Waals surface area (Å²) in [6, 6.07) is 11.7. The summed E-state index contributed by atoms with van der Waals surface area (Å²) in [7, 11) is 0. The van der Waals surface area contributed by atoms with Gasteiger partial charge in [0.2, 0.25) is 5.92 Å². The minimum atomic E-state index is -1.19. The Balaban J connectivity index is 2.28. The van der Waals surface area contributed by atoms with E-state index in [0.717, 1.165) is 0 Å². The predicted molar refractivity (Wildman–Crippen MR) is 84.6 cm³/mol. The number of nitro groups is 2. The Morgan fingerprint density at radius 2 is 1.67 bits per heavy atom. The molecule has 1 aromatic carbocycles. The molecule has 0 aliphatic carbocycles. The van der Waals surface area contributed by atoms with Gasteiger partial charge in [-0.2, -0.15) is 0 Å². The SMILES string of the molecule is CC1=C([N+](=O)[O-])C(c2ccco2)C([N+](=O)[O-])=C(c2ccccc2)N1. The smallest absolute Gasteiger partial charge is 0.291 e. The Hall–Kier alpha value is -3.42. The van der Waals surface area contributed by atoms with Crippen molar-refractivity contribution in [2.24, 2.45) is 0 Å². The number of nitrogens with one attached hydrogen (secondary N) is 1. The second kappa shape index (κ2) is 5.99. The molecule has 8 nitrogen and oxygen atoms in total. The number of rotatable bonds is 4. The van der Waals surface area contributed by atoms with Crippen LogP contribution in [0.4, 0.5) is 0 Å². The van der Waals surface area contributed by atoms with Crippen molar-refractivity contribution in [2.75, 3.05) is 0 Å². The average Bonchev–Trinajstić information content (AvgIpc) is 3.08. The fourth-order valence-corrected chi connectivity index (χ4v) is 2.79. The molecule has 0 saturated heterocycles. The largest absolute Gasteiger partial charge is 0.468 e. The average molecular weight is 327 g/mol. The molecule has 2 heterocycles. The fraction of sp³-hybridized carbons (Fsp3) is 0.125. The van der Waals surface area contributed by atoms with Crippen molar-refractivity contribution in [1.29, 1.82) is 0 Å². The van der Waals surface area contributed by atoms with Crippen LogP contribution in [0.1, 0.15) is 24.2 Å². The quantitative estimate of drug-likeness (QED) is 0.682. The topological polar surface area (TPSA) is 111 Å². The molecule has 1 aliphatic heterocycles. The summed E-state index contributed by atoms with van der Waals surface area (Å²) in [5.41, 5.74) is 0.434. The van der Waals surface area contributed by atoms with Crippen molar-refractivity contribution in [2.45, 2.75) is 12.8 Å². The first-order chi connectivity index (χ1) is 11.5. The van der Waals surface area contributed by atoms with Gasteiger partial charge >= 0.3 is 0 Å². The van der Waals surface area contributed by atoms with Gasteiger partial charge in [-0.3, -0.25) is 20.2 Å². The highest BCUT2D eigenvalue weighted by molar-refractivity contribution is 5.70. The molecular formula is C16H13N3O5. The van der Waals surface area contributed by atoms with Crippen LogP contribution in [0.25, 0.3) is 5.70 Å². The van der Waals surface area contributed by atoms with E-state index in [2.05, 4.69) is 5.32 Å². The summed E-state index contributed by atoms with van der Waals surface area (Å²) in [4.78, 5) is 22.0. The minimum absolute atomic E-state index is 0.155. The molecule has 0 radical (unpaired) electrons. The first-order valence-electron chi connectivity index (χ1n) is 7.10. The second-order valence-electron chi connectivity index (χ2n) is 5.22. The predicted octanol–water partition coefficient (Wildman–Crippen LogP) is 3.12. The normalized spacial score (nSPS) is 17.6. The lowest BCUT2D eigenvalue weighted by molar-refractivity contribution is -0.456. The lowest BCUT2D eigenvalue weighted by Crippen LogP contribution is -2.30. The van der Waals surface area contributed by atoms with Crippen LogP contribution in [0, 0.1) is 20.2 Å². The van der Waals surface area contributed by atoms with Crippen LogP contribution in [0.2, 0.25) is 0 Å². The van der Waals surface area contributed by atoms with Crippen LogP contribution in [-0.2, 0) is 0 Å². The van der Waals surface area contributed by atoms with Crippen LogP contribution < -0.4 is 5.32 Å². The Kier molecular flexibility index (Phi) is 3.87. The molecule has 8 heteroatoms. The van der Waals surface area contributed by atoms with Crippen LogP contribution in [0.3, 0.4) is 0 Å². The lowest BCUT2D eigenvalue weighted by atomic mass is 9.90. The van der Waals surface area contributed by atoms with E-state index in [9.17, 15) is 20.2 Å². The number of dihydropyridines is 1. The summed E-state index contributed by atoms with van der Waals surface area (Å²) in [5.74, 6) is -1.04. The van der Waals surface area contributed by atoms with Gasteiger partial charge in [-0.1, -0.05) is 30.3 Å². The minimum Gasteiger partial charge on any atom is -0.468 e. The standard InChI is InChI=1S/C16H13N3O5/c1-10-15(18(20)21)13(12-8-5-9-24-12)16(19(22)23)14(17-10)11-6-3-2-4-7-11/h2-9,13,17H,1H3. The third-order valence-electron chi connectivity index (χ3n) is 3.78. The van der Waals surface area contributed by atoms with Crippen LogP contribution >= 0.6 is 0 Å². The molecule has 122 valence electrons. The number of hydrogen-bond donors (Lipinski definition) is 1. The molecule has 1 unspecified atom stereocenters. The van der Waals surface area contributed by atoms with E-state index in [0.29, 0.717) is 5.56 Å². The van der Waals surface area contributed by atoms with Crippen LogP contribution in [0.15, 0.2) is 70.2 Å². The van der Waals surface area contributed by atoms with E-state index >= 15 is 0 Å². The van der Waals surface area contributed by atoms with E-state index in [1.807, 2.05) is 0 Å². The summed E-state index contributed by atoms with van der Waals surface area (Å²) in [6.45, 7) is 1.52. The monoisotopic (exact) mass is 327 g/mol. The Labute approximate surface area is 136 Å². The van der Waals surface area contributed by atoms with Crippen molar-refractivity contribution in [3.8, 4) is 0 Å². The third kappa shape index (κ3) is 2.54. The van der Waals surface area contributed by atoms with Gasteiger partial charge in [-0.15, -0.1) is 0 Å². The molecule has 0 saturated carbocycles. The highest BCUT2D eigenvalue weighted by Gasteiger charge is 2.47. The van der Waals surface area contributed by atoms with Gasteiger partial charge in [0.05, 0.1) is 21.8 Å². The maximum absolute atomic E-state index is 11.7. The first kappa shape index (κ1) is 15.5. The van der Waals surface area contributed by atoms with E-state index in [1.54, 1.807) is 36.4 Å². The third-order valence-corrected chi connectivity index (χ3v) is 3.78. The zero-order chi connectivity index (χ0) is 17.3. The van der Waals surface area contributed by atoms with Gasteiger partial charge in [0.1, 0.15) is 11.5 Å². The van der Waals surface area contributed by atoms with Crippen molar-refractivity contribution >= 4 is 5.70 Å². The zero-order valence-electron chi connectivity index (χ0n) is 12.6. The summed E-state index contributed by atoms with van der Waals surface area (Å²) in [6.07, 6.45) is 1.34. The molecule has 3 rings (SSSR count). The van der Waals surface area contributed by atoms with Crippen molar-refractivity contribution < 1.29 is 14.3 Å². The van der Waals surface area contributed by atoms with Gasteiger partial charge < -0.3 is 9.73 Å². The molecule has 0 amide bonds. The van der Waals surface area contributed by atoms with Crippen molar-refractivity contribution in [3.63, 3.8) is 0 Å². The molecule has 1 N–H and O–H groups in total. The maximum Gasteiger partial charge on any atom is 0.291 e.